The summed E-state index contributed by atoms with van der Waals surface area (Å²) in [6, 6.07) is 11.2. The molecule has 39 heavy (non-hydrogen) atoms. The third kappa shape index (κ3) is 8.19. The molecular formula is C24H28FN6NaO5S2. The number of nitrogens with one attached hydrogen (secondary N) is 4. The molecule has 1 aromatic heterocycles. The van der Waals surface area contributed by atoms with Crippen LogP contribution >= 0.6 is 0 Å². The Hall–Kier alpha value is -2.62. The maximum atomic E-state index is 14.4. The molecule has 1 heterocycles. The standard InChI is InChI=1S/C24H27FN6O5S2.Na.H/c1-3-22(32)31-38(35,36)21-12-18(7-4-15(21)2)29-24-26-14-20(25)23(30-24)28-17-8-5-16(6-9-17)13-27-37(33,34)19-10-11-19;;/h4-9,12,14,19,27H,3,10-11,13H2,1-2H3,(H,31,32)(H2,26,28,29,30);;. The van der Waals surface area contributed by atoms with Crippen LogP contribution in [0.2, 0.25) is 0 Å². The van der Waals surface area contributed by atoms with E-state index in [4.69, 9.17) is 0 Å². The van der Waals surface area contributed by atoms with E-state index in [1.807, 2.05) is 4.72 Å². The molecule has 15 heteroatoms. The zero-order chi connectivity index (χ0) is 27.5. The Morgan fingerprint density at radius 3 is 2.33 bits per heavy atom. The molecule has 3 aromatic rings. The topological polar surface area (TPSA) is 159 Å². The van der Waals surface area contributed by atoms with Gasteiger partial charge in [0.25, 0.3) is 10.0 Å². The summed E-state index contributed by atoms with van der Waals surface area (Å²) in [5.74, 6) is -1.47. The number of carbonyl (C=O) groups is 1. The second kappa shape index (κ2) is 12.7. The Morgan fingerprint density at radius 2 is 1.69 bits per heavy atom. The van der Waals surface area contributed by atoms with E-state index in [0.717, 1.165) is 11.8 Å². The van der Waals surface area contributed by atoms with Gasteiger partial charge in [-0.3, -0.25) is 4.79 Å². The summed E-state index contributed by atoms with van der Waals surface area (Å²) in [7, 11) is -7.37. The first-order valence-corrected chi connectivity index (χ1v) is 14.8. The van der Waals surface area contributed by atoms with E-state index in [9.17, 15) is 26.0 Å². The van der Waals surface area contributed by atoms with Gasteiger partial charge in [-0.1, -0.05) is 25.1 Å². The molecule has 0 atom stereocenters. The molecule has 0 bridgehead atoms. The molecule has 11 nitrogen and oxygen atoms in total. The predicted molar refractivity (Wildman–Crippen MR) is 148 cm³/mol. The van der Waals surface area contributed by atoms with E-state index in [0.29, 0.717) is 29.8 Å². The normalized spacial score (nSPS) is 13.3. The Kier molecular flexibility index (Phi) is 10.1. The molecule has 204 valence electrons. The number of hydrogen-bond acceptors (Lipinski definition) is 9. The Morgan fingerprint density at radius 1 is 1.03 bits per heavy atom. The Labute approximate surface area is 248 Å². The SMILES string of the molecule is CCC(=O)NS(=O)(=O)c1cc(Nc2ncc(F)c(Nc3ccc(CNS(=O)(=O)C4CC4)cc3)n2)ccc1C.[NaH]. The van der Waals surface area contributed by atoms with E-state index in [1.165, 1.54) is 6.07 Å². The molecule has 0 aliphatic heterocycles. The predicted octanol–water partition coefficient (Wildman–Crippen LogP) is 2.56. The summed E-state index contributed by atoms with van der Waals surface area (Å²) in [6.45, 7) is 3.30. The van der Waals surface area contributed by atoms with Crippen molar-refractivity contribution in [3.8, 4) is 0 Å². The van der Waals surface area contributed by atoms with Crippen LogP contribution in [0.5, 0.6) is 0 Å². The molecule has 0 saturated heterocycles. The van der Waals surface area contributed by atoms with Crippen LogP contribution in [0.4, 0.5) is 27.5 Å². The molecule has 4 rings (SSSR count). The van der Waals surface area contributed by atoms with Gasteiger partial charge in [-0.15, -0.1) is 0 Å². The molecule has 1 amide bonds. The van der Waals surface area contributed by atoms with Crippen molar-refractivity contribution >= 4 is 78.7 Å². The second-order valence-electron chi connectivity index (χ2n) is 8.77. The number of halogens is 1. The summed E-state index contributed by atoms with van der Waals surface area (Å²) in [4.78, 5) is 19.6. The molecule has 2 aromatic carbocycles. The van der Waals surface area contributed by atoms with Crippen LogP contribution < -0.4 is 20.1 Å². The summed E-state index contributed by atoms with van der Waals surface area (Å²) in [5, 5.41) is 5.40. The minimum absolute atomic E-state index is 0. The van der Waals surface area contributed by atoms with Gasteiger partial charge in [0.2, 0.25) is 21.9 Å². The van der Waals surface area contributed by atoms with E-state index in [-0.39, 0.29) is 64.4 Å². The number of nitrogens with zero attached hydrogens (tertiary/aromatic N) is 2. The average Bonchev–Trinajstić information content (AvgIpc) is 3.73. The van der Waals surface area contributed by atoms with E-state index >= 15 is 0 Å². The fourth-order valence-electron chi connectivity index (χ4n) is 3.41. The number of rotatable bonds is 11. The fraction of sp³-hybridized carbons (Fsp3) is 0.292. The van der Waals surface area contributed by atoms with Gasteiger partial charge in [-0.2, -0.15) is 4.98 Å². The van der Waals surface area contributed by atoms with Gasteiger partial charge in [-0.05, 0) is 55.2 Å². The summed E-state index contributed by atoms with van der Waals surface area (Å²) in [5.41, 5.74) is 2.00. The fourth-order valence-corrected chi connectivity index (χ4v) is 6.10. The van der Waals surface area contributed by atoms with Crippen molar-refractivity contribution in [3.05, 3.63) is 65.6 Å². The zero-order valence-corrected chi connectivity index (χ0v) is 22.3. The number of aromatic nitrogens is 2. The van der Waals surface area contributed by atoms with Crippen molar-refractivity contribution in [3.63, 3.8) is 0 Å². The van der Waals surface area contributed by atoms with Gasteiger partial charge >= 0.3 is 29.6 Å². The number of hydrogen-bond donors (Lipinski definition) is 4. The van der Waals surface area contributed by atoms with Crippen LogP contribution in [-0.2, 0) is 31.4 Å². The Bertz CT molecular complexity index is 1570. The molecule has 1 fully saturated rings. The van der Waals surface area contributed by atoms with Crippen LogP contribution in [0, 0.1) is 12.7 Å². The molecular weight excluding hydrogens is 558 g/mol. The third-order valence-electron chi connectivity index (χ3n) is 5.70. The van der Waals surface area contributed by atoms with Crippen molar-refractivity contribution < 1.29 is 26.0 Å². The summed E-state index contributed by atoms with van der Waals surface area (Å²) < 4.78 is 68.2. The van der Waals surface area contributed by atoms with Crippen molar-refractivity contribution in [2.75, 3.05) is 10.6 Å². The number of carbonyl (C=O) groups excluding carboxylic acids is 1. The van der Waals surface area contributed by atoms with Crippen LogP contribution in [0.25, 0.3) is 0 Å². The van der Waals surface area contributed by atoms with Gasteiger partial charge in [0.05, 0.1) is 16.3 Å². The summed E-state index contributed by atoms with van der Waals surface area (Å²) in [6.07, 6.45) is 2.34. The number of aryl methyl sites for hydroxylation is 1. The molecule has 4 N–H and O–H groups in total. The van der Waals surface area contributed by atoms with E-state index in [1.54, 1.807) is 50.2 Å². The van der Waals surface area contributed by atoms with Gasteiger partial charge in [0, 0.05) is 24.3 Å². The van der Waals surface area contributed by atoms with Crippen LogP contribution in [0.1, 0.15) is 37.3 Å². The van der Waals surface area contributed by atoms with Crippen LogP contribution in [-0.4, -0.2) is 67.5 Å². The van der Waals surface area contributed by atoms with Crippen LogP contribution in [0.3, 0.4) is 0 Å². The first-order valence-electron chi connectivity index (χ1n) is 11.8. The number of amides is 1. The monoisotopic (exact) mass is 586 g/mol. The minimum atomic E-state index is -4.08. The quantitative estimate of drug-likeness (QED) is 0.248. The van der Waals surface area contributed by atoms with Gasteiger partial charge in [0.15, 0.2) is 11.6 Å². The molecule has 0 radical (unpaired) electrons. The Balaban J connectivity index is 0.00000420. The second-order valence-corrected chi connectivity index (χ2v) is 12.5. The molecule has 1 aliphatic rings. The zero-order valence-electron chi connectivity index (χ0n) is 20.7. The number of sulfonamides is 2. The van der Waals surface area contributed by atoms with Crippen molar-refractivity contribution in [2.45, 2.75) is 49.8 Å². The first-order chi connectivity index (χ1) is 18.0. The van der Waals surface area contributed by atoms with Crippen molar-refractivity contribution in [2.24, 2.45) is 0 Å². The van der Waals surface area contributed by atoms with Gasteiger partial charge in [-0.25, -0.2) is 35.7 Å². The van der Waals surface area contributed by atoms with Gasteiger partial charge < -0.3 is 10.6 Å². The van der Waals surface area contributed by atoms with Gasteiger partial charge in [0.1, 0.15) is 0 Å². The first kappa shape index (κ1) is 30.9. The third-order valence-corrected chi connectivity index (χ3v) is 9.12. The molecule has 0 unspecified atom stereocenters. The van der Waals surface area contributed by atoms with E-state index < -0.39 is 31.8 Å². The molecule has 1 aliphatic carbocycles. The van der Waals surface area contributed by atoms with E-state index in [2.05, 4.69) is 25.3 Å². The maximum absolute atomic E-state index is 14.4. The van der Waals surface area contributed by atoms with Crippen molar-refractivity contribution in [1.29, 1.82) is 0 Å². The average molecular weight is 587 g/mol. The number of anilines is 4. The molecule has 1 saturated carbocycles. The number of benzene rings is 2. The summed E-state index contributed by atoms with van der Waals surface area (Å²) >= 11 is 0. The van der Waals surface area contributed by atoms with Crippen LogP contribution in [0.15, 0.2) is 53.6 Å². The van der Waals surface area contributed by atoms with Crippen molar-refractivity contribution in [1.82, 2.24) is 19.4 Å². The molecule has 0 spiro atoms.